The van der Waals surface area contributed by atoms with Crippen LogP contribution < -0.4 is 5.73 Å². The summed E-state index contributed by atoms with van der Waals surface area (Å²) in [6.45, 7) is 0. The third kappa shape index (κ3) is 1.52. The summed E-state index contributed by atoms with van der Waals surface area (Å²) in [5.41, 5.74) is 7.31. The number of imidazole rings is 1. The Morgan fingerprint density at radius 3 is 2.81 bits per heavy atom. The molecule has 0 aromatic carbocycles. The van der Waals surface area contributed by atoms with E-state index in [0.717, 1.165) is 11.5 Å². The molecule has 2 heterocycles. The van der Waals surface area contributed by atoms with Crippen molar-refractivity contribution in [1.82, 2.24) is 19.9 Å². The van der Waals surface area contributed by atoms with Crippen LogP contribution in [0.2, 0.25) is 0 Å². The number of nitrogens with two attached hydrogens (primary N) is 1. The molecule has 1 aliphatic rings. The summed E-state index contributed by atoms with van der Waals surface area (Å²) in [6, 6.07) is 0. The second kappa shape index (κ2) is 3.73. The van der Waals surface area contributed by atoms with Crippen LogP contribution in [0.3, 0.4) is 0 Å². The van der Waals surface area contributed by atoms with E-state index in [9.17, 15) is 0 Å². The van der Waals surface area contributed by atoms with Crippen molar-refractivity contribution in [2.75, 3.05) is 5.73 Å². The molecule has 1 aliphatic carbocycles. The van der Waals surface area contributed by atoms with Crippen LogP contribution in [0, 0.1) is 0 Å². The maximum atomic E-state index is 5.87. The first kappa shape index (κ1) is 9.57. The fourth-order valence-electron chi connectivity index (χ4n) is 2.42. The summed E-state index contributed by atoms with van der Waals surface area (Å²) in [7, 11) is 0. The summed E-state index contributed by atoms with van der Waals surface area (Å²) in [5, 5.41) is 0. The van der Waals surface area contributed by atoms with E-state index in [1.165, 1.54) is 32.1 Å². The van der Waals surface area contributed by atoms with Gasteiger partial charge in [-0.1, -0.05) is 19.3 Å². The molecule has 16 heavy (non-hydrogen) atoms. The molecule has 1 saturated carbocycles. The van der Waals surface area contributed by atoms with Gasteiger partial charge in [0.15, 0.2) is 11.5 Å². The molecule has 0 spiro atoms. The zero-order valence-corrected chi connectivity index (χ0v) is 9.11. The van der Waals surface area contributed by atoms with Crippen molar-refractivity contribution in [3.63, 3.8) is 0 Å². The van der Waals surface area contributed by atoms with Gasteiger partial charge in [-0.15, -0.1) is 0 Å². The van der Waals surface area contributed by atoms with Gasteiger partial charge in [-0.05, 0) is 12.8 Å². The quantitative estimate of drug-likeness (QED) is 0.765. The Morgan fingerprint density at radius 2 is 2.00 bits per heavy atom. The van der Waals surface area contributed by atoms with Crippen LogP contribution in [0.1, 0.15) is 43.8 Å². The van der Waals surface area contributed by atoms with Crippen molar-refractivity contribution in [1.29, 1.82) is 0 Å². The second-order valence-electron chi connectivity index (χ2n) is 4.40. The second-order valence-corrected chi connectivity index (χ2v) is 4.40. The van der Waals surface area contributed by atoms with Crippen molar-refractivity contribution < 1.29 is 0 Å². The van der Waals surface area contributed by atoms with E-state index in [0.29, 0.717) is 17.3 Å². The molecule has 2 aromatic rings. The van der Waals surface area contributed by atoms with E-state index >= 15 is 0 Å². The monoisotopic (exact) mass is 217 g/mol. The lowest BCUT2D eigenvalue weighted by molar-refractivity contribution is 0.430. The maximum Gasteiger partial charge on any atom is 0.163 e. The number of hydrogen-bond acceptors (Lipinski definition) is 4. The Kier molecular flexibility index (Phi) is 2.23. The van der Waals surface area contributed by atoms with E-state index in [4.69, 9.17) is 5.73 Å². The number of aromatic amines is 1. The Morgan fingerprint density at radius 1 is 1.19 bits per heavy atom. The topological polar surface area (TPSA) is 80.5 Å². The number of H-pyrrole nitrogens is 1. The lowest BCUT2D eigenvalue weighted by atomic mass is 9.89. The average molecular weight is 217 g/mol. The van der Waals surface area contributed by atoms with Crippen LogP contribution in [-0.4, -0.2) is 19.9 Å². The Balaban J connectivity index is 2.02. The van der Waals surface area contributed by atoms with E-state index in [2.05, 4.69) is 19.9 Å². The minimum absolute atomic E-state index is 0.476. The zero-order chi connectivity index (χ0) is 11.0. The molecule has 1 fully saturated rings. The highest BCUT2D eigenvalue weighted by Gasteiger charge is 2.19. The first-order valence-corrected chi connectivity index (χ1v) is 5.81. The predicted molar refractivity (Wildman–Crippen MR) is 61.9 cm³/mol. The molecule has 0 bridgehead atoms. The number of anilines is 1. The number of nitrogens with one attached hydrogen (secondary N) is 1. The van der Waals surface area contributed by atoms with Crippen molar-refractivity contribution in [2.24, 2.45) is 0 Å². The average Bonchev–Trinajstić information content (AvgIpc) is 2.79. The molecule has 0 atom stereocenters. The number of fused-ring (bicyclic) bond motifs is 1. The van der Waals surface area contributed by atoms with Gasteiger partial charge in [-0.3, -0.25) is 0 Å². The van der Waals surface area contributed by atoms with Gasteiger partial charge in [0.2, 0.25) is 0 Å². The van der Waals surface area contributed by atoms with Crippen LogP contribution in [-0.2, 0) is 0 Å². The molecular weight excluding hydrogens is 202 g/mol. The molecule has 3 N–H and O–H groups in total. The molecule has 84 valence electrons. The van der Waals surface area contributed by atoms with Crippen molar-refractivity contribution in [2.45, 2.75) is 38.0 Å². The SMILES string of the molecule is Nc1nc(C2CCCCC2)nc2[nH]cnc12. The molecule has 0 unspecified atom stereocenters. The van der Waals surface area contributed by atoms with Crippen LogP contribution in [0.15, 0.2) is 6.33 Å². The molecule has 2 aromatic heterocycles. The highest BCUT2D eigenvalue weighted by atomic mass is 15.0. The summed E-state index contributed by atoms with van der Waals surface area (Å²) < 4.78 is 0. The minimum Gasteiger partial charge on any atom is -0.382 e. The van der Waals surface area contributed by atoms with Gasteiger partial charge in [0.05, 0.1) is 6.33 Å². The number of nitrogen functional groups attached to an aromatic ring is 1. The largest absolute Gasteiger partial charge is 0.382 e. The summed E-state index contributed by atoms with van der Waals surface area (Å²) >= 11 is 0. The van der Waals surface area contributed by atoms with Gasteiger partial charge < -0.3 is 10.7 Å². The van der Waals surface area contributed by atoms with Gasteiger partial charge in [-0.2, -0.15) is 0 Å². The third-order valence-corrected chi connectivity index (χ3v) is 3.29. The van der Waals surface area contributed by atoms with Gasteiger partial charge in [0, 0.05) is 5.92 Å². The standard InChI is InChI=1S/C11H15N5/c12-9-8-11(14-6-13-8)16-10(15-9)7-4-2-1-3-5-7/h6-7H,1-5H2,(H3,12,13,14,15,16). The lowest BCUT2D eigenvalue weighted by Crippen LogP contribution is -2.10. The highest BCUT2D eigenvalue weighted by molar-refractivity contribution is 5.80. The Labute approximate surface area is 93.5 Å². The molecule has 5 nitrogen and oxygen atoms in total. The van der Waals surface area contributed by atoms with Crippen LogP contribution in [0.5, 0.6) is 0 Å². The van der Waals surface area contributed by atoms with Crippen LogP contribution in [0.4, 0.5) is 5.82 Å². The summed E-state index contributed by atoms with van der Waals surface area (Å²) in [5.74, 6) is 1.85. The Bertz CT molecular complexity index is 498. The maximum absolute atomic E-state index is 5.87. The third-order valence-electron chi connectivity index (χ3n) is 3.29. The minimum atomic E-state index is 0.476. The van der Waals surface area contributed by atoms with Gasteiger partial charge in [0.1, 0.15) is 11.3 Å². The number of nitrogens with zero attached hydrogens (tertiary/aromatic N) is 3. The van der Waals surface area contributed by atoms with Crippen molar-refractivity contribution in [3.05, 3.63) is 12.2 Å². The molecule has 5 heteroatoms. The van der Waals surface area contributed by atoms with Crippen molar-refractivity contribution in [3.8, 4) is 0 Å². The van der Waals surface area contributed by atoms with Gasteiger partial charge >= 0.3 is 0 Å². The highest BCUT2D eigenvalue weighted by Crippen LogP contribution is 2.31. The lowest BCUT2D eigenvalue weighted by Gasteiger charge is -2.20. The predicted octanol–water partition coefficient (Wildman–Crippen LogP) is 1.98. The number of rotatable bonds is 1. The Hall–Kier alpha value is -1.65. The molecular formula is C11H15N5. The van der Waals surface area contributed by atoms with E-state index < -0.39 is 0 Å². The fraction of sp³-hybridized carbons (Fsp3) is 0.545. The van der Waals surface area contributed by atoms with Crippen LogP contribution >= 0.6 is 0 Å². The fourth-order valence-corrected chi connectivity index (χ4v) is 2.42. The van der Waals surface area contributed by atoms with Crippen molar-refractivity contribution >= 4 is 17.0 Å². The normalized spacial score (nSPS) is 18.0. The van der Waals surface area contributed by atoms with E-state index in [1.807, 2.05) is 0 Å². The molecule has 0 radical (unpaired) electrons. The smallest absolute Gasteiger partial charge is 0.163 e. The summed E-state index contributed by atoms with van der Waals surface area (Å²) in [6.07, 6.45) is 7.85. The van der Waals surface area contributed by atoms with Gasteiger partial charge in [-0.25, -0.2) is 15.0 Å². The first-order valence-electron chi connectivity index (χ1n) is 5.81. The molecule has 0 saturated heterocycles. The molecule has 3 rings (SSSR count). The molecule has 0 aliphatic heterocycles. The number of hydrogen-bond donors (Lipinski definition) is 2. The molecule has 0 amide bonds. The van der Waals surface area contributed by atoms with E-state index in [1.54, 1.807) is 6.33 Å². The number of aromatic nitrogens is 4. The van der Waals surface area contributed by atoms with E-state index in [-0.39, 0.29) is 0 Å². The first-order chi connectivity index (χ1) is 7.84. The zero-order valence-electron chi connectivity index (χ0n) is 9.11. The van der Waals surface area contributed by atoms with Gasteiger partial charge in [0.25, 0.3) is 0 Å². The van der Waals surface area contributed by atoms with Crippen LogP contribution in [0.25, 0.3) is 11.2 Å². The summed E-state index contributed by atoms with van der Waals surface area (Å²) in [4.78, 5) is 16.0.